The van der Waals surface area contributed by atoms with Crippen LogP contribution in [0.1, 0.15) is 19.4 Å². The zero-order valence-corrected chi connectivity index (χ0v) is 10.5. The maximum Gasteiger partial charge on any atom is 0.0771 e. The van der Waals surface area contributed by atoms with Gasteiger partial charge in [-0.2, -0.15) is 0 Å². The Morgan fingerprint density at radius 1 is 1.50 bits per heavy atom. The van der Waals surface area contributed by atoms with Crippen LogP contribution in [0.3, 0.4) is 0 Å². The van der Waals surface area contributed by atoms with Crippen molar-refractivity contribution in [1.82, 2.24) is 0 Å². The van der Waals surface area contributed by atoms with Crippen molar-refractivity contribution in [2.75, 3.05) is 6.61 Å². The second-order valence-corrected chi connectivity index (χ2v) is 5.14. The highest BCUT2D eigenvalue weighted by Crippen LogP contribution is 2.32. The highest BCUT2D eigenvalue weighted by atomic mass is 79.9. The van der Waals surface area contributed by atoms with Gasteiger partial charge in [-0.05, 0) is 23.8 Å². The van der Waals surface area contributed by atoms with E-state index in [1.807, 2.05) is 32.0 Å². The molecule has 0 aliphatic rings. The molecule has 1 aromatic rings. The van der Waals surface area contributed by atoms with Crippen molar-refractivity contribution in [3.8, 4) is 0 Å². The molecule has 0 heterocycles. The third-order valence-electron chi connectivity index (χ3n) is 2.10. The van der Waals surface area contributed by atoms with Crippen LogP contribution < -0.4 is 5.90 Å². The van der Waals surface area contributed by atoms with E-state index in [1.54, 1.807) is 0 Å². The summed E-state index contributed by atoms with van der Waals surface area (Å²) in [5, 5.41) is 0.732. The van der Waals surface area contributed by atoms with Crippen LogP contribution in [-0.2, 0) is 10.3 Å². The van der Waals surface area contributed by atoms with E-state index >= 15 is 0 Å². The van der Waals surface area contributed by atoms with Crippen molar-refractivity contribution < 1.29 is 4.84 Å². The molecule has 78 valence electrons. The molecular formula is C10H13BrClNO. The molecule has 0 saturated heterocycles. The molecule has 0 fully saturated rings. The minimum absolute atomic E-state index is 0.185. The van der Waals surface area contributed by atoms with Gasteiger partial charge in [0.05, 0.1) is 6.61 Å². The predicted octanol–water partition coefficient (Wildman–Crippen LogP) is 3.27. The van der Waals surface area contributed by atoms with E-state index in [4.69, 9.17) is 17.5 Å². The molecule has 0 aliphatic heterocycles. The van der Waals surface area contributed by atoms with E-state index in [-0.39, 0.29) is 5.41 Å². The maximum absolute atomic E-state index is 6.10. The minimum Gasteiger partial charge on any atom is -0.304 e. The number of hydrogen-bond acceptors (Lipinski definition) is 2. The lowest BCUT2D eigenvalue weighted by atomic mass is 9.85. The molecule has 0 unspecified atom stereocenters. The maximum atomic E-state index is 6.10. The number of halogens is 2. The summed E-state index contributed by atoms with van der Waals surface area (Å²) in [6, 6.07) is 5.76. The Kier molecular flexibility index (Phi) is 3.95. The quantitative estimate of drug-likeness (QED) is 0.861. The lowest BCUT2D eigenvalue weighted by Gasteiger charge is -2.25. The summed E-state index contributed by atoms with van der Waals surface area (Å²) in [4.78, 5) is 4.68. The molecule has 0 aromatic heterocycles. The fraction of sp³-hybridized carbons (Fsp3) is 0.400. The van der Waals surface area contributed by atoms with Crippen molar-refractivity contribution in [1.29, 1.82) is 0 Å². The lowest BCUT2D eigenvalue weighted by molar-refractivity contribution is 0.0964. The van der Waals surface area contributed by atoms with E-state index in [9.17, 15) is 0 Å². The van der Waals surface area contributed by atoms with Crippen LogP contribution in [0.2, 0.25) is 5.02 Å². The molecule has 4 heteroatoms. The average Bonchev–Trinajstić information content (AvgIpc) is 2.09. The third kappa shape index (κ3) is 2.70. The highest BCUT2D eigenvalue weighted by Gasteiger charge is 2.23. The number of benzene rings is 1. The molecule has 0 bridgehead atoms. The second-order valence-electron chi connectivity index (χ2n) is 3.82. The van der Waals surface area contributed by atoms with Gasteiger partial charge < -0.3 is 4.84 Å². The van der Waals surface area contributed by atoms with Crippen molar-refractivity contribution in [3.63, 3.8) is 0 Å². The van der Waals surface area contributed by atoms with Crippen molar-refractivity contribution in [3.05, 3.63) is 33.3 Å². The molecule has 0 radical (unpaired) electrons. The second kappa shape index (κ2) is 4.62. The van der Waals surface area contributed by atoms with Crippen LogP contribution in [0.25, 0.3) is 0 Å². The van der Waals surface area contributed by atoms with E-state index in [0.29, 0.717) is 6.61 Å². The van der Waals surface area contributed by atoms with Gasteiger partial charge in [0, 0.05) is 14.9 Å². The van der Waals surface area contributed by atoms with Gasteiger partial charge in [-0.1, -0.05) is 41.4 Å². The Labute approximate surface area is 97.5 Å². The molecule has 0 amide bonds. The zero-order valence-electron chi connectivity index (χ0n) is 8.18. The molecule has 0 saturated carbocycles. The van der Waals surface area contributed by atoms with Crippen LogP contribution in [0.4, 0.5) is 0 Å². The Hall–Kier alpha value is -0.0900. The van der Waals surface area contributed by atoms with Gasteiger partial charge in [-0.15, -0.1) is 0 Å². The Morgan fingerprint density at radius 3 is 2.71 bits per heavy atom. The van der Waals surface area contributed by atoms with E-state index in [1.165, 1.54) is 0 Å². The van der Waals surface area contributed by atoms with Gasteiger partial charge in [0.25, 0.3) is 0 Å². The Morgan fingerprint density at radius 2 is 2.14 bits per heavy atom. The summed E-state index contributed by atoms with van der Waals surface area (Å²) in [6.07, 6.45) is 0. The normalized spacial score (nSPS) is 11.8. The summed E-state index contributed by atoms with van der Waals surface area (Å²) >= 11 is 9.51. The molecule has 1 aromatic carbocycles. The largest absolute Gasteiger partial charge is 0.304 e. The lowest BCUT2D eigenvalue weighted by Crippen LogP contribution is -2.26. The fourth-order valence-corrected chi connectivity index (χ4v) is 2.04. The molecule has 0 aliphatic carbocycles. The Bertz CT molecular complexity index is 328. The highest BCUT2D eigenvalue weighted by molar-refractivity contribution is 9.10. The monoisotopic (exact) mass is 277 g/mol. The predicted molar refractivity (Wildman–Crippen MR) is 62.3 cm³/mol. The molecule has 0 atom stereocenters. The van der Waals surface area contributed by atoms with Crippen LogP contribution in [0, 0.1) is 0 Å². The van der Waals surface area contributed by atoms with Crippen LogP contribution in [0.5, 0.6) is 0 Å². The topological polar surface area (TPSA) is 35.2 Å². The SMILES string of the molecule is CC(C)(CON)c1cc(Br)ccc1Cl. The van der Waals surface area contributed by atoms with Crippen LogP contribution in [0.15, 0.2) is 22.7 Å². The van der Waals surface area contributed by atoms with Gasteiger partial charge in [-0.3, -0.25) is 0 Å². The molecule has 14 heavy (non-hydrogen) atoms. The average molecular weight is 279 g/mol. The van der Waals surface area contributed by atoms with Gasteiger partial charge in [-0.25, -0.2) is 5.90 Å². The van der Waals surface area contributed by atoms with Crippen LogP contribution in [-0.4, -0.2) is 6.61 Å². The third-order valence-corrected chi connectivity index (χ3v) is 2.92. The first-order valence-corrected chi connectivity index (χ1v) is 5.41. The first-order chi connectivity index (χ1) is 6.47. The summed E-state index contributed by atoms with van der Waals surface area (Å²) in [6.45, 7) is 4.50. The van der Waals surface area contributed by atoms with E-state index in [2.05, 4.69) is 20.8 Å². The number of nitrogens with two attached hydrogens (primary N) is 1. The van der Waals surface area contributed by atoms with Gasteiger partial charge in [0.2, 0.25) is 0 Å². The summed E-state index contributed by atoms with van der Waals surface area (Å²) in [5.41, 5.74) is 0.842. The standard InChI is InChI=1S/C10H13BrClNO/c1-10(2,6-14-13)8-5-7(11)3-4-9(8)12/h3-5H,6,13H2,1-2H3. The first kappa shape index (κ1) is 12.0. The van der Waals surface area contributed by atoms with Gasteiger partial charge in [0.1, 0.15) is 0 Å². The van der Waals surface area contributed by atoms with Crippen molar-refractivity contribution in [2.24, 2.45) is 5.90 Å². The molecule has 2 N–H and O–H groups in total. The molecule has 0 spiro atoms. The molecule has 2 nitrogen and oxygen atoms in total. The van der Waals surface area contributed by atoms with Crippen molar-refractivity contribution in [2.45, 2.75) is 19.3 Å². The Balaban J connectivity index is 3.10. The van der Waals surface area contributed by atoms with Gasteiger partial charge >= 0.3 is 0 Å². The first-order valence-electron chi connectivity index (χ1n) is 4.24. The molecular weight excluding hydrogens is 265 g/mol. The summed E-state index contributed by atoms with van der Waals surface area (Å²) in [7, 11) is 0. The van der Waals surface area contributed by atoms with E-state index in [0.717, 1.165) is 15.1 Å². The summed E-state index contributed by atoms with van der Waals surface area (Å²) < 4.78 is 1.00. The summed E-state index contributed by atoms with van der Waals surface area (Å²) in [5.74, 6) is 5.09. The number of hydrogen-bond donors (Lipinski definition) is 1. The van der Waals surface area contributed by atoms with Crippen molar-refractivity contribution >= 4 is 27.5 Å². The molecule has 1 rings (SSSR count). The smallest absolute Gasteiger partial charge is 0.0771 e. The van der Waals surface area contributed by atoms with E-state index < -0.39 is 0 Å². The minimum atomic E-state index is -0.185. The van der Waals surface area contributed by atoms with Gasteiger partial charge in [0.15, 0.2) is 0 Å². The van der Waals surface area contributed by atoms with Crippen LogP contribution >= 0.6 is 27.5 Å². The zero-order chi connectivity index (χ0) is 10.8. The fourth-order valence-electron chi connectivity index (χ4n) is 1.30. The number of rotatable bonds is 3.